The Kier molecular flexibility index (Phi) is 5.41. The molecule has 0 spiro atoms. The largest absolute Gasteiger partial charge is 0.309 e. The first-order chi connectivity index (χ1) is 23.1. The summed E-state index contributed by atoms with van der Waals surface area (Å²) in [5.41, 5.74) is 9.33. The molecule has 222 valence electrons. The van der Waals surface area contributed by atoms with Crippen LogP contribution in [0.2, 0.25) is 13.1 Å². The van der Waals surface area contributed by atoms with Gasteiger partial charge in [0.15, 0.2) is 5.82 Å². The zero-order valence-corrected chi connectivity index (χ0v) is 27.1. The Balaban J connectivity index is 1.39. The SMILES string of the molecule is C[Si]1(C)c2ccccc2-c2c(-n3c4ccccc4c4c5c6ccccc6n(-c6ccccc6)c5ccc43)nc(-c3ccccc3)nc21. The zero-order valence-electron chi connectivity index (χ0n) is 26.1. The fourth-order valence-electron chi connectivity index (χ4n) is 8.00. The molecule has 0 bridgehead atoms. The molecule has 4 heterocycles. The predicted octanol–water partition coefficient (Wildman–Crippen LogP) is 9.14. The molecule has 0 saturated heterocycles. The van der Waals surface area contributed by atoms with E-state index in [1.165, 1.54) is 54.2 Å². The second-order valence-corrected chi connectivity index (χ2v) is 17.3. The van der Waals surface area contributed by atoms with Crippen molar-refractivity contribution in [3.8, 4) is 34.0 Å². The van der Waals surface area contributed by atoms with E-state index >= 15 is 0 Å². The van der Waals surface area contributed by atoms with E-state index in [0.717, 1.165) is 33.9 Å². The van der Waals surface area contributed by atoms with Crippen LogP contribution in [-0.2, 0) is 0 Å². The Hall–Kier alpha value is -5.78. The number of aromatic nitrogens is 4. The highest BCUT2D eigenvalue weighted by Crippen LogP contribution is 2.43. The maximum atomic E-state index is 5.49. The van der Waals surface area contributed by atoms with Crippen molar-refractivity contribution in [2.75, 3.05) is 0 Å². The Labute approximate surface area is 273 Å². The minimum atomic E-state index is -2.11. The molecule has 0 N–H and O–H groups in total. The fourth-order valence-corrected chi connectivity index (χ4v) is 10.9. The second kappa shape index (κ2) is 9.61. The second-order valence-electron chi connectivity index (χ2n) is 13.0. The topological polar surface area (TPSA) is 35.6 Å². The third kappa shape index (κ3) is 3.57. The maximum absolute atomic E-state index is 5.49. The van der Waals surface area contributed by atoms with E-state index in [9.17, 15) is 0 Å². The number of hydrogen-bond donors (Lipinski definition) is 0. The van der Waals surface area contributed by atoms with Gasteiger partial charge in [0, 0.05) is 43.7 Å². The number of benzene rings is 6. The summed E-state index contributed by atoms with van der Waals surface area (Å²) < 4.78 is 4.81. The van der Waals surface area contributed by atoms with Gasteiger partial charge in [-0.25, -0.2) is 9.97 Å². The van der Waals surface area contributed by atoms with Crippen LogP contribution in [0.4, 0.5) is 0 Å². The molecule has 4 nitrogen and oxygen atoms in total. The van der Waals surface area contributed by atoms with Gasteiger partial charge in [-0.05, 0) is 47.1 Å². The number of fused-ring (bicyclic) bond motifs is 10. The Morgan fingerprint density at radius 2 is 1.04 bits per heavy atom. The summed E-state index contributed by atoms with van der Waals surface area (Å²) in [5.74, 6) is 1.73. The summed E-state index contributed by atoms with van der Waals surface area (Å²) in [5, 5.41) is 7.61. The van der Waals surface area contributed by atoms with Crippen LogP contribution in [0, 0.1) is 0 Å². The van der Waals surface area contributed by atoms with E-state index in [1.54, 1.807) is 0 Å². The number of rotatable bonds is 3. The number of para-hydroxylation sites is 3. The van der Waals surface area contributed by atoms with Gasteiger partial charge in [0.1, 0.15) is 13.9 Å². The van der Waals surface area contributed by atoms with Crippen LogP contribution >= 0.6 is 0 Å². The van der Waals surface area contributed by atoms with Crippen molar-refractivity contribution in [3.05, 3.63) is 146 Å². The standard InChI is InChI=1S/C42H30N4Si/c1-47(2)36-24-14-11-21-31(36)39-41(43-40(44-42(39)47)27-15-5-3-6-16-27)46-33-23-13-10-20-30(33)38-35(46)26-25-34-37(38)29-19-9-12-22-32(29)45(34)28-17-7-4-8-18-28/h3-26H,1-2H3. The van der Waals surface area contributed by atoms with Gasteiger partial charge in [-0.15, -0.1) is 0 Å². The smallest absolute Gasteiger partial charge is 0.161 e. The summed E-state index contributed by atoms with van der Waals surface area (Å²) in [4.78, 5) is 10.9. The summed E-state index contributed by atoms with van der Waals surface area (Å²) in [6, 6.07) is 52.3. The molecule has 0 radical (unpaired) electrons. The first kappa shape index (κ1) is 26.4. The van der Waals surface area contributed by atoms with Gasteiger partial charge < -0.3 is 4.57 Å². The van der Waals surface area contributed by atoms with Gasteiger partial charge in [-0.3, -0.25) is 4.57 Å². The lowest BCUT2D eigenvalue weighted by atomic mass is 10.1. The molecule has 0 amide bonds. The van der Waals surface area contributed by atoms with E-state index in [1.807, 2.05) is 0 Å². The normalized spacial score (nSPS) is 13.5. The molecule has 5 heteroatoms. The lowest BCUT2D eigenvalue weighted by Gasteiger charge is -2.19. The molecule has 0 aliphatic carbocycles. The number of hydrogen-bond acceptors (Lipinski definition) is 2. The fraction of sp³-hybridized carbons (Fsp3) is 0.0476. The van der Waals surface area contributed by atoms with Crippen LogP contribution in [0.25, 0.3) is 77.6 Å². The number of nitrogens with zero attached hydrogens (tertiary/aromatic N) is 4. The van der Waals surface area contributed by atoms with Gasteiger partial charge in [-0.1, -0.05) is 122 Å². The van der Waals surface area contributed by atoms with Crippen LogP contribution in [0.1, 0.15) is 0 Å². The Morgan fingerprint density at radius 3 is 1.74 bits per heavy atom. The third-order valence-electron chi connectivity index (χ3n) is 10.1. The van der Waals surface area contributed by atoms with Gasteiger partial charge in [0.25, 0.3) is 0 Å². The molecular weight excluding hydrogens is 589 g/mol. The monoisotopic (exact) mass is 618 g/mol. The van der Waals surface area contributed by atoms with Crippen LogP contribution in [0.15, 0.2) is 146 Å². The van der Waals surface area contributed by atoms with Crippen LogP contribution in [0.5, 0.6) is 0 Å². The average Bonchev–Trinajstić information content (AvgIpc) is 3.72. The molecule has 0 unspecified atom stereocenters. The first-order valence-electron chi connectivity index (χ1n) is 16.2. The van der Waals surface area contributed by atoms with Gasteiger partial charge in [0.2, 0.25) is 0 Å². The summed E-state index contributed by atoms with van der Waals surface area (Å²) in [6.45, 7) is 4.86. The van der Waals surface area contributed by atoms with Crippen LogP contribution < -0.4 is 10.5 Å². The van der Waals surface area contributed by atoms with Gasteiger partial charge in [-0.2, -0.15) is 0 Å². The van der Waals surface area contributed by atoms with Crippen molar-refractivity contribution in [1.29, 1.82) is 0 Å². The van der Waals surface area contributed by atoms with E-state index < -0.39 is 8.07 Å². The van der Waals surface area contributed by atoms with Gasteiger partial charge >= 0.3 is 0 Å². The molecule has 3 aromatic heterocycles. The molecule has 9 aromatic rings. The van der Waals surface area contributed by atoms with Crippen LogP contribution in [-0.4, -0.2) is 27.2 Å². The first-order valence-corrected chi connectivity index (χ1v) is 19.2. The summed E-state index contributed by atoms with van der Waals surface area (Å²) >= 11 is 0. The van der Waals surface area contributed by atoms with E-state index in [2.05, 4.69) is 168 Å². The molecule has 0 atom stereocenters. The molecule has 0 saturated carbocycles. The summed E-state index contributed by atoms with van der Waals surface area (Å²) in [6.07, 6.45) is 0. The predicted molar refractivity (Wildman–Crippen MR) is 198 cm³/mol. The van der Waals surface area contributed by atoms with E-state index in [0.29, 0.717) is 0 Å². The lowest BCUT2D eigenvalue weighted by Crippen LogP contribution is -2.51. The summed E-state index contributed by atoms with van der Waals surface area (Å²) in [7, 11) is -2.11. The van der Waals surface area contributed by atoms with Crippen molar-refractivity contribution in [3.63, 3.8) is 0 Å². The highest BCUT2D eigenvalue weighted by molar-refractivity contribution is 7.03. The molecule has 10 rings (SSSR count). The van der Waals surface area contributed by atoms with Crippen molar-refractivity contribution in [2.24, 2.45) is 0 Å². The van der Waals surface area contributed by atoms with Crippen molar-refractivity contribution < 1.29 is 0 Å². The highest BCUT2D eigenvalue weighted by Gasteiger charge is 2.42. The zero-order chi connectivity index (χ0) is 31.3. The average molecular weight is 619 g/mol. The van der Waals surface area contributed by atoms with Gasteiger partial charge in [0.05, 0.1) is 22.1 Å². The minimum absolute atomic E-state index is 0.778. The van der Waals surface area contributed by atoms with E-state index in [-0.39, 0.29) is 0 Å². The van der Waals surface area contributed by atoms with E-state index in [4.69, 9.17) is 9.97 Å². The molecule has 47 heavy (non-hydrogen) atoms. The maximum Gasteiger partial charge on any atom is 0.161 e. The molecule has 1 aliphatic rings. The highest BCUT2D eigenvalue weighted by atomic mass is 28.3. The third-order valence-corrected chi connectivity index (χ3v) is 13.4. The molecule has 6 aromatic carbocycles. The lowest BCUT2D eigenvalue weighted by molar-refractivity contribution is 1.06. The van der Waals surface area contributed by atoms with Crippen molar-refractivity contribution in [2.45, 2.75) is 13.1 Å². The minimum Gasteiger partial charge on any atom is -0.309 e. The quantitative estimate of drug-likeness (QED) is 0.185. The van der Waals surface area contributed by atoms with Crippen molar-refractivity contribution >= 4 is 62.2 Å². The van der Waals surface area contributed by atoms with Crippen molar-refractivity contribution in [1.82, 2.24) is 19.1 Å². The molecular formula is C42H30N4Si. The molecule has 0 fully saturated rings. The molecule has 1 aliphatic heterocycles. The Bertz CT molecular complexity index is 2700. The van der Waals surface area contributed by atoms with Crippen LogP contribution in [0.3, 0.4) is 0 Å². The Morgan fingerprint density at radius 1 is 0.489 bits per heavy atom.